The molecule has 0 aromatic heterocycles. The summed E-state index contributed by atoms with van der Waals surface area (Å²) in [5, 5.41) is 2.86. The summed E-state index contributed by atoms with van der Waals surface area (Å²) in [6.45, 7) is 4.26. The molecule has 0 saturated heterocycles. The lowest BCUT2D eigenvalue weighted by Gasteiger charge is -2.07. The fraction of sp³-hybridized carbons (Fsp3) is 0.188. The number of rotatable bonds is 5. The van der Waals surface area contributed by atoms with Crippen LogP contribution < -0.4 is 11.1 Å². The first kappa shape index (κ1) is 14.9. The molecule has 0 radical (unpaired) electrons. The molecular formula is C16H20N2O. The third-order valence-corrected chi connectivity index (χ3v) is 2.50. The number of benzene rings is 1. The molecule has 100 valence electrons. The molecule has 0 bridgehead atoms. The van der Waals surface area contributed by atoms with Crippen molar-refractivity contribution in [1.82, 2.24) is 5.32 Å². The van der Waals surface area contributed by atoms with Crippen LogP contribution >= 0.6 is 0 Å². The van der Waals surface area contributed by atoms with Crippen LogP contribution in [0.4, 0.5) is 0 Å². The fourth-order valence-electron chi connectivity index (χ4n) is 1.56. The van der Waals surface area contributed by atoms with Crippen LogP contribution in [0.15, 0.2) is 60.3 Å². The highest BCUT2D eigenvalue weighted by molar-refractivity contribution is 5.95. The summed E-state index contributed by atoms with van der Waals surface area (Å²) in [7, 11) is 0. The van der Waals surface area contributed by atoms with Gasteiger partial charge in [0.15, 0.2) is 0 Å². The maximum absolute atomic E-state index is 12.1. The molecule has 3 N–H and O–H groups in total. The summed E-state index contributed by atoms with van der Waals surface area (Å²) < 4.78 is 0. The normalized spacial score (nSPS) is 12.3. The highest BCUT2D eigenvalue weighted by Crippen LogP contribution is 2.06. The van der Waals surface area contributed by atoms with E-state index in [4.69, 9.17) is 5.73 Å². The largest absolute Gasteiger partial charge is 0.326 e. The molecule has 1 aromatic carbocycles. The van der Waals surface area contributed by atoms with E-state index in [-0.39, 0.29) is 5.91 Å². The van der Waals surface area contributed by atoms with Crippen molar-refractivity contribution in [1.29, 1.82) is 0 Å². The molecule has 1 rings (SSSR count). The summed E-state index contributed by atoms with van der Waals surface area (Å²) in [5.74, 6) is -0.135. The molecule has 0 aliphatic carbocycles. The monoisotopic (exact) mass is 256 g/mol. The van der Waals surface area contributed by atoms with Crippen LogP contribution in [0.25, 0.3) is 0 Å². The molecule has 1 aromatic rings. The van der Waals surface area contributed by atoms with Gasteiger partial charge in [-0.05, 0) is 43.7 Å². The van der Waals surface area contributed by atoms with Crippen LogP contribution in [0.2, 0.25) is 0 Å². The van der Waals surface area contributed by atoms with E-state index < -0.39 is 0 Å². The van der Waals surface area contributed by atoms with Gasteiger partial charge in [-0.2, -0.15) is 0 Å². The molecule has 0 heterocycles. The van der Waals surface area contributed by atoms with Gasteiger partial charge in [-0.1, -0.05) is 30.4 Å². The van der Waals surface area contributed by atoms with E-state index in [1.54, 1.807) is 12.1 Å². The van der Waals surface area contributed by atoms with Gasteiger partial charge in [0, 0.05) is 17.8 Å². The first-order chi connectivity index (χ1) is 9.21. The van der Waals surface area contributed by atoms with E-state index in [9.17, 15) is 4.79 Å². The standard InChI is InChI=1S/C16H20N2O/c1-3-5-10-15(7-4-2)18-16(19)14-9-6-8-13(11-14)12-17/h3-11H,12,17H2,1-2H3,(H,18,19)/b5-3-,7-4-,15-10+. The lowest BCUT2D eigenvalue weighted by molar-refractivity contribution is 0.0967. The zero-order chi connectivity index (χ0) is 14.1. The Kier molecular flexibility index (Phi) is 6.33. The molecule has 0 fully saturated rings. The van der Waals surface area contributed by atoms with Crippen molar-refractivity contribution in [2.24, 2.45) is 5.73 Å². The number of carbonyl (C=O) groups is 1. The second-order valence-electron chi connectivity index (χ2n) is 4.01. The van der Waals surface area contributed by atoms with Gasteiger partial charge in [0.1, 0.15) is 0 Å². The zero-order valence-corrected chi connectivity index (χ0v) is 11.4. The van der Waals surface area contributed by atoms with Crippen molar-refractivity contribution in [3.63, 3.8) is 0 Å². The minimum absolute atomic E-state index is 0.135. The summed E-state index contributed by atoms with van der Waals surface area (Å²) in [5.41, 5.74) is 7.88. The second-order valence-corrected chi connectivity index (χ2v) is 4.01. The molecule has 0 atom stereocenters. The first-order valence-electron chi connectivity index (χ1n) is 6.27. The molecule has 0 aliphatic rings. The van der Waals surface area contributed by atoms with Crippen LogP contribution in [0, 0.1) is 0 Å². The fourth-order valence-corrected chi connectivity index (χ4v) is 1.56. The van der Waals surface area contributed by atoms with Gasteiger partial charge in [-0.25, -0.2) is 0 Å². The van der Waals surface area contributed by atoms with Crippen molar-refractivity contribution in [2.45, 2.75) is 20.4 Å². The van der Waals surface area contributed by atoms with Crippen molar-refractivity contribution in [3.8, 4) is 0 Å². The summed E-state index contributed by atoms with van der Waals surface area (Å²) in [4.78, 5) is 12.1. The number of amides is 1. The predicted molar refractivity (Wildman–Crippen MR) is 79.5 cm³/mol. The van der Waals surface area contributed by atoms with E-state index in [0.717, 1.165) is 11.3 Å². The maximum Gasteiger partial charge on any atom is 0.255 e. The number of carbonyl (C=O) groups excluding carboxylic acids is 1. The van der Waals surface area contributed by atoms with Crippen LogP contribution in [0.1, 0.15) is 29.8 Å². The molecule has 3 nitrogen and oxygen atoms in total. The third-order valence-electron chi connectivity index (χ3n) is 2.50. The Morgan fingerprint density at radius 2 is 2.11 bits per heavy atom. The topological polar surface area (TPSA) is 55.1 Å². The van der Waals surface area contributed by atoms with Gasteiger partial charge < -0.3 is 11.1 Å². The molecule has 1 amide bonds. The molecule has 19 heavy (non-hydrogen) atoms. The van der Waals surface area contributed by atoms with Crippen molar-refractivity contribution in [3.05, 3.63) is 71.5 Å². The maximum atomic E-state index is 12.1. The molecule has 0 saturated carbocycles. The quantitative estimate of drug-likeness (QED) is 0.796. The lowest BCUT2D eigenvalue weighted by atomic mass is 10.1. The Bertz CT molecular complexity index is 513. The highest BCUT2D eigenvalue weighted by atomic mass is 16.1. The van der Waals surface area contributed by atoms with Gasteiger partial charge in [-0.3, -0.25) is 4.79 Å². The van der Waals surface area contributed by atoms with Gasteiger partial charge in [0.05, 0.1) is 0 Å². The predicted octanol–water partition coefficient (Wildman–Crippen LogP) is 2.91. The number of hydrogen-bond donors (Lipinski definition) is 2. The molecule has 0 unspecified atom stereocenters. The smallest absolute Gasteiger partial charge is 0.255 e. The Hall–Kier alpha value is -2.13. The van der Waals surface area contributed by atoms with Crippen molar-refractivity contribution < 1.29 is 4.79 Å². The third kappa shape index (κ3) is 4.94. The average molecular weight is 256 g/mol. The van der Waals surface area contributed by atoms with Crippen LogP contribution in [0.5, 0.6) is 0 Å². The summed E-state index contributed by atoms with van der Waals surface area (Å²) in [6, 6.07) is 7.32. The highest BCUT2D eigenvalue weighted by Gasteiger charge is 2.06. The lowest BCUT2D eigenvalue weighted by Crippen LogP contribution is -2.22. The first-order valence-corrected chi connectivity index (χ1v) is 6.27. The van der Waals surface area contributed by atoms with E-state index in [1.165, 1.54) is 0 Å². The van der Waals surface area contributed by atoms with Gasteiger partial charge in [0.25, 0.3) is 5.91 Å². The number of allylic oxidation sites excluding steroid dienone is 5. The van der Waals surface area contributed by atoms with E-state index in [2.05, 4.69) is 5.32 Å². The Morgan fingerprint density at radius 3 is 2.74 bits per heavy atom. The molecule has 0 aliphatic heterocycles. The van der Waals surface area contributed by atoms with Crippen molar-refractivity contribution >= 4 is 5.91 Å². The zero-order valence-electron chi connectivity index (χ0n) is 11.4. The Balaban J connectivity index is 2.87. The van der Waals surface area contributed by atoms with Crippen LogP contribution in [-0.4, -0.2) is 5.91 Å². The summed E-state index contributed by atoms with van der Waals surface area (Å²) >= 11 is 0. The molecule has 0 spiro atoms. The van der Waals surface area contributed by atoms with Crippen LogP contribution in [0.3, 0.4) is 0 Å². The van der Waals surface area contributed by atoms with Crippen molar-refractivity contribution in [2.75, 3.05) is 0 Å². The number of nitrogens with one attached hydrogen (secondary N) is 1. The average Bonchev–Trinajstić information content (AvgIpc) is 2.45. The molecule has 3 heteroatoms. The van der Waals surface area contributed by atoms with E-state index in [0.29, 0.717) is 12.1 Å². The number of hydrogen-bond acceptors (Lipinski definition) is 2. The van der Waals surface area contributed by atoms with Gasteiger partial charge >= 0.3 is 0 Å². The second kappa shape index (κ2) is 8.06. The van der Waals surface area contributed by atoms with E-state index >= 15 is 0 Å². The molecular weight excluding hydrogens is 236 g/mol. The minimum Gasteiger partial charge on any atom is -0.326 e. The SMILES string of the molecule is C\C=C/C=C(\C=C/C)NC(=O)c1cccc(CN)c1. The van der Waals surface area contributed by atoms with Gasteiger partial charge in [-0.15, -0.1) is 0 Å². The Morgan fingerprint density at radius 1 is 1.32 bits per heavy atom. The van der Waals surface area contributed by atoms with E-state index in [1.807, 2.05) is 56.4 Å². The van der Waals surface area contributed by atoms with Crippen LogP contribution in [-0.2, 0) is 6.54 Å². The minimum atomic E-state index is -0.135. The summed E-state index contributed by atoms with van der Waals surface area (Å²) in [6.07, 6.45) is 9.37. The van der Waals surface area contributed by atoms with Gasteiger partial charge in [0.2, 0.25) is 0 Å². The Labute approximate surface area is 114 Å². The number of nitrogens with two attached hydrogens (primary N) is 1.